The Morgan fingerprint density at radius 3 is 2.47 bits per heavy atom. The zero-order chi connectivity index (χ0) is 10.7. The van der Waals surface area contributed by atoms with Crippen LogP contribution in [-0.4, -0.2) is 17.1 Å². The van der Waals surface area contributed by atoms with Crippen LogP contribution in [0.4, 0.5) is 0 Å². The van der Waals surface area contributed by atoms with Crippen LogP contribution in [0.1, 0.15) is 5.69 Å². The summed E-state index contributed by atoms with van der Waals surface area (Å²) in [7, 11) is 1.61. The van der Waals surface area contributed by atoms with Crippen molar-refractivity contribution in [3.8, 4) is 17.3 Å². The number of nitrogens with zero attached hydrogens (tertiary/aromatic N) is 2. The lowest BCUT2D eigenvalue weighted by atomic mass is 10.2. The second kappa shape index (κ2) is 4.09. The Morgan fingerprint density at radius 2 is 1.80 bits per heavy atom. The molecule has 3 heteroatoms. The molecule has 1 aromatic heterocycles. The summed E-state index contributed by atoms with van der Waals surface area (Å²) in [4.78, 5) is 8.65. The van der Waals surface area contributed by atoms with E-state index in [9.17, 15) is 0 Å². The summed E-state index contributed by atoms with van der Waals surface area (Å²) in [6.07, 6.45) is 0. The minimum absolute atomic E-state index is 0.598. The Labute approximate surface area is 88.8 Å². The highest BCUT2D eigenvalue weighted by Crippen LogP contribution is 2.17. The van der Waals surface area contributed by atoms with Crippen LogP contribution >= 0.6 is 0 Å². The number of hydrogen-bond acceptors (Lipinski definition) is 3. The number of rotatable bonds is 2. The molecule has 1 heterocycles. The van der Waals surface area contributed by atoms with Gasteiger partial charge in [0.05, 0.1) is 7.11 Å². The van der Waals surface area contributed by atoms with Crippen LogP contribution in [0.25, 0.3) is 11.4 Å². The minimum Gasteiger partial charge on any atom is -0.481 e. The third kappa shape index (κ3) is 2.13. The molecule has 0 saturated carbocycles. The molecule has 0 aliphatic carbocycles. The first kappa shape index (κ1) is 9.65. The second-order valence-corrected chi connectivity index (χ2v) is 3.24. The normalized spacial score (nSPS) is 10.0. The molecule has 15 heavy (non-hydrogen) atoms. The number of hydrogen-bond donors (Lipinski definition) is 0. The molecular formula is C12H12N2O. The van der Waals surface area contributed by atoms with Crippen LogP contribution in [0, 0.1) is 6.92 Å². The standard InChI is InChI=1S/C12H12N2O/c1-9-8-11(15-2)14-12(13-9)10-6-4-3-5-7-10/h3-8H,1-2H3. The van der Waals surface area contributed by atoms with Gasteiger partial charge in [-0.25, -0.2) is 4.98 Å². The van der Waals surface area contributed by atoms with Gasteiger partial charge >= 0.3 is 0 Å². The summed E-state index contributed by atoms with van der Waals surface area (Å²) in [6, 6.07) is 11.7. The maximum Gasteiger partial charge on any atom is 0.216 e. The van der Waals surface area contributed by atoms with E-state index in [2.05, 4.69) is 9.97 Å². The van der Waals surface area contributed by atoms with E-state index in [1.807, 2.05) is 43.3 Å². The second-order valence-electron chi connectivity index (χ2n) is 3.24. The molecule has 0 bridgehead atoms. The van der Waals surface area contributed by atoms with E-state index in [4.69, 9.17) is 4.74 Å². The van der Waals surface area contributed by atoms with Gasteiger partial charge in [0.15, 0.2) is 5.82 Å². The lowest BCUT2D eigenvalue weighted by Crippen LogP contribution is -1.95. The van der Waals surface area contributed by atoms with Gasteiger partial charge in [-0.05, 0) is 6.92 Å². The van der Waals surface area contributed by atoms with E-state index in [1.54, 1.807) is 7.11 Å². The molecule has 0 radical (unpaired) electrons. The van der Waals surface area contributed by atoms with Crippen molar-refractivity contribution < 1.29 is 4.74 Å². The van der Waals surface area contributed by atoms with E-state index in [-0.39, 0.29) is 0 Å². The number of ether oxygens (including phenoxy) is 1. The highest BCUT2D eigenvalue weighted by molar-refractivity contribution is 5.55. The fourth-order valence-corrected chi connectivity index (χ4v) is 1.36. The Kier molecular flexibility index (Phi) is 2.63. The van der Waals surface area contributed by atoms with Gasteiger partial charge < -0.3 is 4.74 Å². The first-order valence-corrected chi connectivity index (χ1v) is 4.74. The molecule has 0 aliphatic heterocycles. The van der Waals surface area contributed by atoms with E-state index in [0.717, 1.165) is 11.3 Å². The van der Waals surface area contributed by atoms with E-state index >= 15 is 0 Å². The first-order valence-electron chi connectivity index (χ1n) is 4.74. The lowest BCUT2D eigenvalue weighted by Gasteiger charge is -2.04. The van der Waals surface area contributed by atoms with Gasteiger partial charge in [-0.1, -0.05) is 30.3 Å². The summed E-state index contributed by atoms with van der Waals surface area (Å²) < 4.78 is 5.11. The highest BCUT2D eigenvalue weighted by atomic mass is 16.5. The molecule has 0 spiro atoms. The van der Waals surface area contributed by atoms with Gasteiger partial charge in [-0.2, -0.15) is 4.98 Å². The summed E-state index contributed by atoms with van der Waals surface area (Å²) >= 11 is 0. The predicted octanol–water partition coefficient (Wildman–Crippen LogP) is 2.46. The topological polar surface area (TPSA) is 35.0 Å². The molecule has 2 rings (SSSR count). The van der Waals surface area contributed by atoms with Gasteiger partial charge in [0.25, 0.3) is 0 Å². The van der Waals surface area contributed by atoms with Crippen molar-refractivity contribution in [2.24, 2.45) is 0 Å². The van der Waals surface area contributed by atoms with Crippen molar-refractivity contribution in [1.29, 1.82) is 0 Å². The van der Waals surface area contributed by atoms with Crippen LogP contribution in [0.5, 0.6) is 5.88 Å². The van der Waals surface area contributed by atoms with Crippen molar-refractivity contribution in [2.45, 2.75) is 6.92 Å². The summed E-state index contributed by atoms with van der Waals surface area (Å²) in [5.41, 5.74) is 1.90. The summed E-state index contributed by atoms with van der Waals surface area (Å²) in [5, 5.41) is 0. The van der Waals surface area contributed by atoms with E-state index in [0.29, 0.717) is 11.7 Å². The molecule has 0 unspecified atom stereocenters. The molecule has 1 aromatic carbocycles. The first-order chi connectivity index (χ1) is 7.29. The average Bonchev–Trinajstić information content (AvgIpc) is 2.29. The third-order valence-electron chi connectivity index (χ3n) is 2.07. The van der Waals surface area contributed by atoms with Gasteiger partial charge in [0, 0.05) is 17.3 Å². The molecule has 0 aliphatic rings. The summed E-state index contributed by atoms with van der Waals surface area (Å²) in [5.74, 6) is 1.30. The van der Waals surface area contributed by atoms with Gasteiger partial charge in [-0.3, -0.25) is 0 Å². The van der Waals surface area contributed by atoms with Crippen LogP contribution < -0.4 is 4.74 Å². The minimum atomic E-state index is 0.598. The van der Waals surface area contributed by atoms with Gasteiger partial charge in [-0.15, -0.1) is 0 Å². The molecule has 76 valence electrons. The molecule has 0 atom stereocenters. The van der Waals surface area contributed by atoms with Crippen LogP contribution in [0.2, 0.25) is 0 Å². The smallest absolute Gasteiger partial charge is 0.216 e. The zero-order valence-electron chi connectivity index (χ0n) is 8.77. The Bertz CT molecular complexity index is 454. The zero-order valence-corrected chi connectivity index (χ0v) is 8.77. The Hall–Kier alpha value is -1.90. The molecule has 0 saturated heterocycles. The van der Waals surface area contributed by atoms with Crippen molar-refractivity contribution in [3.63, 3.8) is 0 Å². The van der Waals surface area contributed by atoms with E-state index in [1.165, 1.54) is 0 Å². The molecular weight excluding hydrogens is 188 g/mol. The third-order valence-corrected chi connectivity index (χ3v) is 2.07. The van der Waals surface area contributed by atoms with Crippen molar-refractivity contribution in [3.05, 3.63) is 42.1 Å². The van der Waals surface area contributed by atoms with Crippen LogP contribution in [0.15, 0.2) is 36.4 Å². The number of aromatic nitrogens is 2. The fraction of sp³-hybridized carbons (Fsp3) is 0.167. The monoisotopic (exact) mass is 200 g/mol. The number of aryl methyl sites for hydroxylation is 1. The molecule has 2 aromatic rings. The number of benzene rings is 1. The Morgan fingerprint density at radius 1 is 1.07 bits per heavy atom. The highest BCUT2D eigenvalue weighted by Gasteiger charge is 2.03. The van der Waals surface area contributed by atoms with E-state index < -0.39 is 0 Å². The molecule has 3 nitrogen and oxygen atoms in total. The van der Waals surface area contributed by atoms with Crippen molar-refractivity contribution in [1.82, 2.24) is 9.97 Å². The Balaban J connectivity index is 2.49. The lowest BCUT2D eigenvalue weighted by molar-refractivity contribution is 0.397. The van der Waals surface area contributed by atoms with Crippen LogP contribution in [0.3, 0.4) is 0 Å². The van der Waals surface area contributed by atoms with Crippen LogP contribution in [-0.2, 0) is 0 Å². The quantitative estimate of drug-likeness (QED) is 0.747. The SMILES string of the molecule is COc1cc(C)nc(-c2ccccc2)n1. The van der Waals surface area contributed by atoms with Gasteiger partial charge in [0.2, 0.25) is 5.88 Å². The number of methoxy groups -OCH3 is 1. The fourth-order valence-electron chi connectivity index (χ4n) is 1.36. The molecule has 0 N–H and O–H groups in total. The van der Waals surface area contributed by atoms with Gasteiger partial charge in [0.1, 0.15) is 0 Å². The molecule has 0 fully saturated rings. The van der Waals surface area contributed by atoms with Crippen molar-refractivity contribution in [2.75, 3.05) is 7.11 Å². The maximum atomic E-state index is 5.11. The average molecular weight is 200 g/mol. The van der Waals surface area contributed by atoms with Crippen molar-refractivity contribution >= 4 is 0 Å². The predicted molar refractivity (Wildman–Crippen MR) is 58.8 cm³/mol. The molecule has 0 amide bonds. The summed E-state index contributed by atoms with van der Waals surface area (Å²) in [6.45, 7) is 1.93. The maximum absolute atomic E-state index is 5.11. The largest absolute Gasteiger partial charge is 0.481 e.